The highest BCUT2D eigenvalue weighted by Gasteiger charge is 2.16. The zero-order valence-electron chi connectivity index (χ0n) is 11.2. The van der Waals surface area contributed by atoms with Crippen LogP contribution in [0.25, 0.3) is 0 Å². The van der Waals surface area contributed by atoms with Gasteiger partial charge in [-0.1, -0.05) is 18.2 Å². The predicted molar refractivity (Wildman–Crippen MR) is 75.5 cm³/mol. The molecule has 1 heterocycles. The number of amides is 1. The van der Waals surface area contributed by atoms with E-state index in [1.165, 1.54) is 0 Å². The van der Waals surface area contributed by atoms with Crippen LogP contribution < -0.4 is 10.2 Å². The molecule has 5 nitrogen and oxygen atoms in total. The first-order valence-corrected chi connectivity index (χ1v) is 5.98. The van der Waals surface area contributed by atoms with Gasteiger partial charge in [0.05, 0.1) is 0 Å². The van der Waals surface area contributed by atoms with Gasteiger partial charge in [-0.2, -0.15) is 0 Å². The zero-order valence-corrected chi connectivity index (χ0v) is 11.2. The molecule has 0 bridgehead atoms. The van der Waals surface area contributed by atoms with Crippen LogP contribution in [0.1, 0.15) is 16.1 Å². The van der Waals surface area contributed by atoms with Gasteiger partial charge < -0.3 is 10.2 Å². The van der Waals surface area contributed by atoms with Crippen LogP contribution in [-0.4, -0.2) is 30.2 Å². The third-order valence-electron chi connectivity index (χ3n) is 2.92. The minimum atomic E-state index is -0.176. The topological polar surface area (TPSA) is 58.1 Å². The molecule has 1 aromatic heterocycles. The third-order valence-corrected chi connectivity index (χ3v) is 2.92. The lowest BCUT2D eigenvalue weighted by atomic mass is 10.2. The van der Waals surface area contributed by atoms with Crippen LogP contribution in [0.5, 0.6) is 0 Å². The Morgan fingerprint density at radius 3 is 2.47 bits per heavy atom. The lowest BCUT2D eigenvalue weighted by Crippen LogP contribution is -2.28. The number of carbonyl (C=O) groups is 1. The summed E-state index contributed by atoms with van der Waals surface area (Å²) in [6.45, 7) is 1.97. The highest BCUT2D eigenvalue weighted by atomic mass is 16.2. The van der Waals surface area contributed by atoms with Crippen molar-refractivity contribution in [2.24, 2.45) is 0 Å². The number of aryl methyl sites for hydroxylation is 1. The Morgan fingerprint density at radius 2 is 1.89 bits per heavy atom. The van der Waals surface area contributed by atoms with Gasteiger partial charge in [0.2, 0.25) is 0 Å². The molecule has 0 saturated carbocycles. The first kappa shape index (κ1) is 13.0. The number of rotatable bonds is 3. The van der Waals surface area contributed by atoms with Crippen molar-refractivity contribution in [2.45, 2.75) is 6.92 Å². The van der Waals surface area contributed by atoms with Crippen molar-refractivity contribution in [3.63, 3.8) is 0 Å². The summed E-state index contributed by atoms with van der Waals surface area (Å²) in [4.78, 5) is 13.9. The normalized spacial score (nSPS) is 10.1. The smallest absolute Gasteiger partial charge is 0.278 e. The lowest BCUT2D eigenvalue weighted by molar-refractivity contribution is 0.0987. The molecule has 0 aliphatic carbocycles. The molecule has 0 fully saturated rings. The highest BCUT2D eigenvalue weighted by molar-refractivity contribution is 6.04. The molecule has 0 atom stereocenters. The highest BCUT2D eigenvalue weighted by Crippen LogP contribution is 2.19. The van der Waals surface area contributed by atoms with Gasteiger partial charge in [0.1, 0.15) is 5.82 Å². The number of para-hydroxylation sites is 1. The van der Waals surface area contributed by atoms with E-state index in [4.69, 9.17) is 0 Å². The monoisotopic (exact) mass is 256 g/mol. The van der Waals surface area contributed by atoms with E-state index >= 15 is 0 Å². The molecule has 1 amide bonds. The number of nitrogens with zero attached hydrogens (tertiary/aromatic N) is 3. The van der Waals surface area contributed by atoms with Crippen molar-refractivity contribution in [1.82, 2.24) is 10.2 Å². The summed E-state index contributed by atoms with van der Waals surface area (Å²) in [5, 5.41) is 10.7. The van der Waals surface area contributed by atoms with Gasteiger partial charge in [0, 0.05) is 19.8 Å². The average Bonchev–Trinajstić information content (AvgIpc) is 2.46. The fourth-order valence-corrected chi connectivity index (χ4v) is 1.80. The standard InChI is InChI=1S/C14H16N4O/c1-10-6-4-5-7-12(10)18(3)14(19)11-8-9-13(15-2)17-16-11/h4-9H,1-3H3,(H,15,17). The van der Waals surface area contributed by atoms with E-state index in [2.05, 4.69) is 15.5 Å². The molecule has 0 unspecified atom stereocenters. The van der Waals surface area contributed by atoms with Gasteiger partial charge in [-0.25, -0.2) is 0 Å². The predicted octanol–water partition coefficient (Wildman–Crippen LogP) is 2.10. The van der Waals surface area contributed by atoms with Gasteiger partial charge in [0.25, 0.3) is 5.91 Å². The van der Waals surface area contributed by atoms with E-state index < -0.39 is 0 Å². The van der Waals surface area contributed by atoms with Crippen LogP contribution >= 0.6 is 0 Å². The Kier molecular flexibility index (Phi) is 3.75. The quantitative estimate of drug-likeness (QED) is 0.913. The van der Waals surface area contributed by atoms with Gasteiger partial charge in [-0.15, -0.1) is 10.2 Å². The maximum absolute atomic E-state index is 12.3. The van der Waals surface area contributed by atoms with E-state index in [-0.39, 0.29) is 5.91 Å². The number of anilines is 2. The van der Waals surface area contributed by atoms with Crippen LogP contribution in [0.3, 0.4) is 0 Å². The summed E-state index contributed by atoms with van der Waals surface area (Å²) in [6.07, 6.45) is 0. The van der Waals surface area contributed by atoms with Crippen molar-refractivity contribution in [3.8, 4) is 0 Å². The first-order valence-electron chi connectivity index (χ1n) is 5.98. The van der Waals surface area contributed by atoms with Crippen molar-refractivity contribution in [2.75, 3.05) is 24.3 Å². The van der Waals surface area contributed by atoms with Crippen molar-refractivity contribution in [3.05, 3.63) is 47.7 Å². The molecule has 98 valence electrons. The minimum absolute atomic E-state index is 0.176. The van der Waals surface area contributed by atoms with E-state index in [1.54, 1.807) is 31.1 Å². The lowest BCUT2D eigenvalue weighted by Gasteiger charge is -2.18. The second-order valence-electron chi connectivity index (χ2n) is 4.20. The number of hydrogen-bond donors (Lipinski definition) is 1. The van der Waals surface area contributed by atoms with Crippen molar-refractivity contribution >= 4 is 17.4 Å². The summed E-state index contributed by atoms with van der Waals surface area (Å²) < 4.78 is 0. The van der Waals surface area contributed by atoms with Crippen molar-refractivity contribution in [1.29, 1.82) is 0 Å². The molecular formula is C14H16N4O. The number of carbonyl (C=O) groups excluding carboxylic acids is 1. The number of aromatic nitrogens is 2. The Hall–Kier alpha value is -2.43. The maximum Gasteiger partial charge on any atom is 0.278 e. The van der Waals surface area contributed by atoms with Gasteiger partial charge >= 0.3 is 0 Å². The van der Waals surface area contributed by atoms with Crippen LogP contribution in [-0.2, 0) is 0 Å². The molecule has 19 heavy (non-hydrogen) atoms. The first-order chi connectivity index (χ1) is 9.13. The Balaban J connectivity index is 2.26. The Bertz CT molecular complexity index is 580. The second kappa shape index (κ2) is 5.48. The molecule has 1 aromatic carbocycles. The summed E-state index contributed by atoms with van der Waals surface area (Å²) in [5.41, 5.74) is 2.23. The Morgan fingerprint density at radius 1 is 1.16 bits per heavy atom. The second-order valence-corrected chi connectivity index (χ2v) is 4.20. The largest absolute Gasteiger partial charge is 0.372 e. The van der Waals surface area contributed by atoms with Gasteiger partial charge in [-0.3, -0.25) is 4.79 Å². The fourth-order valence-electron chi connectivity index (χ4n) is 1.80. The van der Waals surface area contributed by atoms with Crippen LogP contribution in [0.4, 0.5) is 11.5 Å². The molecule has 0 aliphatic rings. The van der Waals surface area contributed by atoms with Crippen molar-refractivity contribution < 1.29 is 4.79 Å². The van der Waals surface area contributed by atoms with Crippen LogP contribution in [0, 0.1) is 6.92 Å². The number of benzene rings is 1. The molecule has 0 radical (unpaired) electrons. The molecule has 1 N–H and O–H groups in total. The SMILES string of the molecule is CNc1ccc(C(=O)N(C)c2ccccc2C)nn1. The summed E-state index contributed by atoms with van der Waals surface area (Å²) >= 11 is 0. The van der Waals surface area contributed by atoms with Gasteiger partial charge in [-0.05, 0) is 30.7 Å². The van der Waals surface area contributed by atoms with Gasteiger partial charge in [0.15, 0.2) is 5.69 Å². The Labute approximate surface area is 112 Å². The summed E-state index contributed by atoms with van der Waals surface area (Å²) in [6, 6.07) is 11.1. The molecule has 0 saturated heterocycles. The zero-order chi connectivity index (χ0) is 13.8. The molecule has 5 heteroatoms. The summed E-state index contributed by atoms with van der Waals surface area (Å²) in [5.74, 6) is 0.458. The van der Waals surface area contributed by atoms with E-state index in [9.17, 15) is 4.79 Å². The van der Waals surface area contributed by atoms with Crippen LogP contribution in [0.15, 0.2) is 36.4 Å². The fraction of sp³-hybridized carbons (Fsp3) is 0.214. The molecule has 2 aromatic rings. The molecule has 2 rings (SSSR count). The molecule has 0 aliphatic heterocycles. The third kappa shape index (κ3) is 2.70. The summed E-state index contributed by atoms with van der Waals surface area (Å²) in [7, 11) is 3.49. The number of hydrogen-bond acceptors (Lipinski definition) is 4. The maximum atomic E-state index is 12.3. The van der Waals surface area contributed by atoms with E-state index in [0.29, 0.717) is 11.5 Å². The molecule has 0 spiro atoms. The number of nitrogens with one attached hydrogen (secondary N) is 1. The molecular weight excluding hydrogens is 240 g/mol. The van der Waals surface area contributed by atoms with E-state index in [0.717, 1.165) is 11.3 Å². The average molecular weight is 256 g/mol. The van der Waals surface area contributed by atoms with Crippen LogP contribution in [0.2, 0.25) is 0 Å². The minimum Gasteiger partial charge on any atom is -0.372 e. The van der Waals surface area contributed by atoms with E-state index in [1.807, 2.05) is 31.2 Å².